The third kappa shape index (κ3) is 185. The van der Waals surface area contributed by atoms with Crippen molar-refractivity contribution in [2.75, 3.05) is 0 Å². The van der Waals surface area contributed by atoms with E-state index in [1.165, 1.54) is 0 Å². The second kappa shape index (κ2) is 2.69. The van der Waals surface area contributed by atoms with Gasteiger partial charge in [-0.3, -0.25) is 4.55 Å². The molecule has 0 bridgehead atoms. The van der Waals surface area contributed by atoms with E-state index in [4.69, 9.17) is 13.0 Å². The Morgan fingerprint density at radius 1 is 1.50 bits per heavy atom. The molecule has 0 aliphatic heterocycles. The number of hydrogen-bond acceptors (Lipinski definition) is 2. The second-order valence-electron chi connectivity index (χ2n) is 0.515. The summed E-state index contributed by atoms with van der Waals surface area (Å²) in [4.78, 5) is 0. The average molecular weight is 292 g/mol. The summed E-state index contributed by atoms with van der Waals surface area (Å²) in [6.07, 6.45) is 0. The van der Waals surface area contributed by atoms with Crippen molar-refractivity contribution < 1.29 is 34.0 Å². The fraction of sp³-hybridized carbons (Fsp3) is 0. The Kier molecular flexibility index (Phi) is 4.36. The van der Waals surface area contributed by atoms with E-state index < -0.39 is 10.3 Å². The van der Waals surface area contributed by atoms with Gasteiger partial charge < -0.3 is 0 Å². The maximum atomic E-state index is 8.97. The summed E-state index contributed by atoms with van der Waals surface area (Å²) in [6.45, 7) is 0. The molecule has 0 aliphatic carbocycles. The zero-order chi connectivity index (χ0) is 4.50. The molecular weight excluding hydrogens is 289 g/mol. The average Bonchev–Trinajstić information content (AvgIpc) is 0.722. The van der Waals surface area contributed by atoms with E-state index in [2.05, 4.69) is 5.14 Å². The van der Waals surface area contributed by atoms with Crippen molar-refractivity contribution in [1.82, 2.24) is 0 Å². The van der Waals surface area contributed by atoms with Crippen LogP contribution >= 0.6 is 0 Å². The molecule has 0 heterocycles. The predicted molar refractivity (Wildman–Crippen MR) is 15.7 cm³/mol. The van der Waals surface area contributed by atoms with Crippen LogP contribution in [0.3, 0.4) is 0 Å². The first-order valence-corrected chi connectivity index (χ1v) is 2.25. The van der Waals surface area contributed by atoms with Crippen LogP contribution in [0.15, 0.2) is 0 Å². The van der Waals surface area contributed by atoms with Crippen molar-refractivity contribution in [3.8, 4) is 0 Å². The minimum Gasteiger partial charge on any atom is -0.274 e. The SMILES string of the molecule is NS(=O)(=O)O.[Pt]. The molecule has 3 N–H and O–H groups in total. The van der Waals surface area contributed by atoms with Gasteiger partial charge in [0, 0.05) is 21.1 Å². The number of nitrogens with two attached hydrogens (primary N) is 1. The molecule has 0 aromatic heterocycles. The smallest absolute Gasteiger partial charge is 0.274 e. The Morgan fingerprint density at radius 3 is 1.50 bits per heavy atom. The van der Waals surface area contributed by atoms with Crippen molar-refractivity contribution >= 4 is 10.3 Å². The molecule has 0 atom stereocenters. The molecule has 0 amide bonds. The second-order valence-corrected chi connectivity index (χ2v) is 1.54. The first-order valence-electron chi connectivity index (χ1n) is 0.752. The summed E-state index contributed by atoms with van der Waals surface area (Å²) in [5.74, 6) is 0. The van der Waals surface area contributed by atoms with E-state index in [0.717, 1.165) is 0 Å². The van der Waals surface area contributed by atoms with Crippen LogP contribution in [0.1, 0.15) is 0 Å². The maximum Gasteiger partial charge on any atom is 0.330 e. The van der Waals surface area contributed by atoms with Crippen molar-refractivity contribution in [3.63, 3.8) is 0 Å². The Labute approximate surface area is 49.9 Å². The van der Waals surface area contributed by atoms with Gasteiger partial charge in [-0.2, -0.15) is 8.42 Å². The zero-order valence-corrected chi connectivity index (χ0v) is 5.65. The van der Waals surface area contributed by atoms with Gasteiger partial charge in [0.05, 0.1) is 0 Å². The summed E-state index contributed by atoms with van der Waals surface area (Å²) in [5.41, 5.74) is 0. The topological polar surface area (TPSA) is 80.4 Å². The van der Waals surface area contributed by atoms with E-state index >= 15 is 0 Å². The van der Waals surface area contributed by atoms with Gasteiger partial charge in [-0.15, -0.1) is 0 Å². The van der Waals surface area contributed by atoms with Crippen LogP contribution in [0.4, 0.5) is 0 Å². The van der Waals surface area contributed by atoms with Crippen molar-refractivity contribution in [2.24, 2.45) is 5.14 Å². The van der Waals surface area contributed by atoms with Crippen molar-refractivity contribution in [1.29, 1.82) is 0 Å². The van der Waals surface area contributed by atoms with Crippen LogP contribution in [0.25, 0.3) is 0 Å². The van der Waals surface area contributed by atoms with Gasteiger partial charge in [0.2, 0.25) is 0 Å². The first-order chi connectivity index (χ1) is 2.00. The van der Waals surface area contributed by atoms with Crippen molar-refractivity contribution in [3.05, 3.63) is 0 Å². The van der Waals surface area contributed by atoms with Gasteiger partial charge in [-0.05, 0) is 0 Å². The van der Waals surface area contributed by atoms with Crippen LogP contribution in [-0.4, -0.2) is 13.0 Å². The molecule has 0 spiro atoms. The summed E-state index contributed by atoms with van der Waals surface area (Å²) >= 11 is 0. The van der Waals surface area contributed by atoms with E-state index in [9.17, 15) is 0 Å². The van der Waals surface area contributed by atoms with Gasteiger partial charge in [0.25, 0.3) is 0 Å². The van der Waals surface area contributed by atoms with Gasteiger partial charge in [-0.1, -0.05) is 0 Å². The molecule has 0 fully saturated rings. The van der Waals surface area contributed by atoms with Crippen LogP contribution in [0.5, 0.6) is 0 Å². The van der Waals surface area contributed by atoms with Crippen LogP contribution < -0.4 is 5.14 Å². The molecule has 6 heavy (non-hydrogen) atoms. The van der Waals surface area contributed by atoms with E-state index in [1.54, 1.807) is 0 Å². The Hall–Kier alpha value is 0.558. The summed E-state index contributed by atoms with van der Waals surface area (Å²) < 4.78 is 25.2. The van der Waals surface area contributed by atoms with Gasteiger partial charge in [0.1, 0.15) is 0 Å². The molecule has 0 unspecified atom stereocenters. The molecular formula is H3NO3PtS. The Bertz CT molecular complexity index is 94.0. The number of hydrogen-bond donors (Lipinski definition) is 2. The standard InChI is InChI=1S/H3NO3S.Pt/c1-5(2,3)4;/h(H3,1,2,3,4);. The molecule has 0 saturated heterocycles. The molecule has 0 saturated carbocycles. The fourth-order valence-electron chi connectivity index (χ4n) is 0. The van der Waals surface area contributed by atoms with E-state index in [0.29, 0.717) is 0 Å². The largest absolute Gasteiger partial charge is 0.330 e. The Morgan fingerprint density at radius 2 is 1.50 bits per heavy atom. The molecule has 42 valence electrons. The van der Waals surface area contributed by atoms with Crippen LogP contribution in [0, 0.1) is 0 Å². The molecule has 0 aromatic carbocycles. The third-order valence-corrected chi connectivity index (χ3v) is 0. The first kappa shape index (κ1) is 9.75. The number of rotatable bonds is 0. The van der Waals surface area contributed by atoms with Crippen LogP contribution in [0.2, 0.25) is 0 Å². The van der Waals surface area contributed by atoms with Crippen molar-refractivity contribution in [2.45, 2.75) is 0 Å². The minimum absolute atomic E-state index is 0. The minimum atomic E-state index is -4.17. The summed E-state index contributed by atoms with van der Waals surface area (Å²) in [6, 6.07) is 0. The van der Waals surface area contributed by atoms with Crippen LogP contribution in [-0.2, 0) is 31.4 Å². The molecule has 0 rings (SSSR count). The summed E-state index contributed by atoms with van der Waals surface area (Å²) in [7, 11) is -4.17. The molecule has 4 nitrogen and oxygen atoms in total. The Balaban J connectivity index is 0. The van der Waals surface area contributed by atoms with E-state index in [1.807, 2.05) is 0 Å². The maximum absolute atomic E-state index is 8.97. The summed E-state index contributed by atoms with van der Waals surface area (Å²) in [5, 5.41) is 3.88. The quantitative estimate of drug-likeness (QED) is 0.547. The monoisotopic (exact) mass is 292 g/mol. The molecule has 0 radical (unpaired) electrons. The predicted octanol–water partition coefficient (Wildman–Crippen LogP) is -1.25. The molecule has 0 aromatic rings. The molecule has 0 aliphatic rings. The molecule has 6 heteroatoms. The zero-order valence-electron chi connectivity index (χ0n) is 2.57. The normalized spacial score (nSPS) is 9.67. The third-order valence-electron chi connectivity index (χ3n) is 0. The van der Waals surface area contributed by atoms with Gasteiger partial charge in [-0.25, -0.2) is 5.14 Å². The van der Waals surface area contributed by atoms with Gasteiger partial charge in [0.15, 0.2) is 0 Å². The van der Waals surface area contributed by atoms with E-state index in [-0.39, 0.29) is 21.1 Å². The van der Waals surface area contributed by atoms with Gasteiger partial charge >= 0.3 is 10.3 Å². The fourth-order valence-corrected chi connectivity index (χ4v) is 0.